The summed E-state index contributed by atoms with van der Waals surface area (Å²) in [4.78, 5) is 0. The molecule has 0 aromatic heterocycles. The molecule has 96 valence electrons. The predicted octanol–water partition coefficient (Wildman–Crippen LogP) is 4.05. The van der Waals surface area contributed by atoms with Crippen molar-refractivity contribution in [1.29, 1.82) is 5.26 Å². The molecule has 0 bridgehead atoms. The van der Waals surface area contributed by atoms with Gasteiger partial charge in [-0.2, -0.15) is 5.26 Å². The Bertz CT molecular complexity index is 441. The zero-order valence-corrected chi connectivity index (χ0v) is 11.3. The Morgan fingerprint density at radius 2 is 2.11 bits per heavy atom. The second-order valence-corrected chi connectivity index (χ2v) is 5.08. The Morgan fingerprint density at radius 1 is 1.39 bits per heavy atom. The fourth-order valence-electron chi connectivity index (χ4n) is 3.01. The van der Waals surface area contributed by atoms with E-state index < -0.39 is 0 Å². The summed E-state index contributed by atoms with van der Waals surface area (Å²) >= 11 is 0. The van der Waals surface area contributed by atoms with Crippen LogP contribution in [0.3, 0.4) is 0 Å². The average Bonchev–Trinajstić information content (AvgIpc) is 2.93. The fraction of sp³-hybridized carbons (Fsp3) is 0.562. The molecule has 0 spiro atoms. The molecule has 0 radical (unpaired) electrons. The van der Waals surface area contributed by atoms with Gasteiger partial charge in [0.25, 0.3) is 0 Å². The molecule has 18 heavy (non-hydrogen) atoms. The number of hydrogen-bond donors (Lipinski definition) is 0. The first-order valence-corrected chi connectivity index (χ1v) is 6.86. The molecular weight excluding hydrogens is 222 g/mol. The molecule has 0 aliphatic heterocycles. The zero-order chi connectivity index (χ0) is 13.0. The van der Waals surface area contributed by atoms with Gasteiger partial charge in [-0.15, -0.1) is 0 Å². The summed E-state index contributed by atoms with van der Waals surface area (Å²) in [6.07, 6.45) is 5.90. The summed E-state index contributed by atoms with van der Waals surface area (Å²) in [6, 6.07) is 8.73. The SMILES string of the molecule is CCc1cc(C(C#N)C2CCCC2)ccc1OC. The lowest BCUT2D eigenvalue weighted by molar-refractivity contribution is 0.409. The minimum absolute atomic E-state index is 0.0590. The van der Waals surface area contributed by atoms with E-state index in [9.17, 15) is 5.26 Å². The number of ether oxygens (including phenoxy) is 1. The number of aryl methyl sites for hydroxylation is 1. The molecule has 0 amide bonds. The van der Waals surface area contributed by atoms with E-state index in [0.29, 0.717) is 5.92 Å². The maximum absolute atomic E-state index is 9.45. The van der Waals surface area contributed by atoms with Crippen molar-refractivity contribution >= 4 is 0 Å². The van der Waals surface area contributed by atoms with Crippen molar-refractivity contribution in [2.75, 3.05) is 7.11 Å². The Labute approximate surface area is 110 Å². The Morgan fingerprint density at radius 3 is 2.67 bits per heavy atom. The molecule has 0 saturated heterocycles. The standard InChI is InChI=1S/C16H21NO/c1-3-12-10-14(8-9-16(12)18-2)15(11-17)13-6-4-5-7-13/h8-10,13,15H,3-7H2,1-2H3. The first kappa shape index (κ1) is 13.0. The largest absolute Gasteiger partial charge is 0.496 e. The zero-order valence-electron chi connectivity index (χ0n) is 11.3. The average molecular weight is 243 g/mol. The van der Waals surface area contributed by atoms with Crippen molar-refractivity contribution in [3.05, 3.63) is 29.3 Å². The summed E-state index contributed by atoms with van der Waals surface area (Å²) in [5.41, 5.74) is 2.37. The molecular formula is C16H21NO. The summed E-state index contributed by atoms with van der Waals surface area (Å²) in [5.74, 6) is 1.54. The smallest absolute Gasteiger partial charge is 0.122 e. The highest BCUT2D eigenvalue weighted by molar-refractivity contribution is 5.40. The normalized spacial score (nSPS) is 17.4. The van der Waals surface area contributed by atoms with Gasteiger partial charge in [-0.25, -0.2) is 0 Å². The van der Waals surface area contributed by atoms with Crippen LogP contribution < -0.4 is 4.74 Å². The molecule has 2 heteroatoms. The van der Waals surface area contributed by atoms with Crippen LogP contribution >= 0.6 is 0 Å². The molecule has 1 aromatic rings. The van der Waals surface area contributed by atoms with Gasteiger partial charge in [0.2, 0.25) is 0 Å². The van der Waals surface area contributed by atoms with Crippen molar-refractivity contribution in [3.8, 4) is 11.8 Å². The molecule has 1 saturated carbocycles. The van der Waals surface area contributed by atoms with Crippen molar-refractivity contribution in [3.63, 3.8) is 0 Å². The number of nitriles is 1. The Kier molecular flexibility index (Phi) is 4.25. The van der Waals surface area contributed by atoms with Crippen LogP contribution in [0.25, 0.3) is 0 Å². The molecule has 1 atom stereocenters. The van der Waals surface area contributed by atoms with Crippen LogP contribution in [0.5, 0.6) is 5.75 Å². The van der Waals surface area contributed by atoms with Crippen molar-refractivity contribution < 1.29 is 4.74 Å². The lowest BCUT2D eigenvalue weighted by atomic mass is 9.85. The van der Waals surface area contributed by atoms with Crippen LogP contribution in [-0.4, -0.2) is 7.11 Å². The second-order valence-electron chi connectivity index (χ2n) is 5.08. The first-order chi connectivity index (χ1) is 8.80. The monoisotopic (exact) mass is 243 g/mol. The minimum Gasteiger partial charge on any atom is -0.496 e. The highest BCUT2D eigenvalue weighted by atomic mass is 16.5. The maximum atomic E-state index is 9.45. The molecule has 1 fully saturated rings. The molecule has 1 unspecified atom stereocenters. The van der Waals surface area contributed by atoms with Gasteiger partial charge in [-0.05, 0) is 42.4 Å². The van der Waals surface area contributed by atoms with Gasteiger partial charge in [-0.3, -0.25) is 0 Å². The van der Waals surface area contributed by atoms with E-state index >= 15 is 0 Å². The summed E-state index contributed by atoms with van der Waals surface area (Å²) in [5, 5.41) is 9.45. The molecule has 0 N–H and O–H groups in total. The third-order valence-corrected chi connectivity index (χ3v) is 4.05. The van der Waals surface area contributed by atoms with E-state index in [1.165, 1.54) is 36.8 Å². The van der Waals surface area contributed by atoms with E-state index in [0.717, 1.165) is 12.2 Å². The van der Waals surface area contributed by atoms with Crippen molar-refractivity contribution in [1.82, 2.24) is 0 Å². The number of nitrogens with zero attached hydrogens (tertiary/aromatic N) is 1. The van der Waals surface area contributed by atoms with Gasteiger partial charge in [-0.1, -0.05) is 31.9 Å². The summed E-state index contributed by atoms with van der Waals surface area (Å²) in [7, 11) is 1.70. The van der Waals surface area contributed by atoms with Crippen LogP contribution in [0, 0.1) is 17.2 Å². The molecule has 0 heterocycles. The number of rotatable bonds is 4. The topological polar surface area (TPSA) is 33.0 Å². The number of hydrogen-bond acceptors (Lipinski definition) is 2. The van der Waals surface area contributed by atoms with Gasteiger partial charge in [0, 0.05) is 0 Å². The van der Waals surface area contributed by atoms with Crippen LogP contribution in [0.4, 0.5) is 0 Å². The van der Waals surface area contributed by atoms with E-state index in [1.54, 1.807) is 7.11 Å². The van der Waals surface area contributed by atoms with E-state index in [4.69, 9.17) is 4.74 Å². The van der Waals surface area contributed by atoms with Gasteiger partial charge < -0.3 is 4.74 Å². The van der Waals surface area contributed by atoms with Crippen molar-refractivity contribution in [2.24, 2.45) is 5.92 Å². The van der Waals surface area contributed by atoms with Gasteiger partial charge in [0.15, 0.2) is 0 Å². The lowest BCUT2D eigenvalue weighted by Gasteiger charge is -2.18. The summed E-state index contributed by atoms with van der Waals surface area (Å²) < 4.78 is 5.35. The van der Waals surface area contributed by atoms with Crippen LogP contribution in [0.15, 0.2) is 18.2 Å². The highest BCUT2D eigenvalue weighted by Gasteiger charge is 2.26. The minimum atomic E-state index is 0.0590. The third-order valence-electron chi connectivity index (χ3n) is 4.05. The Balaban J connectivity index is 2.28. The third kappa shape index (κ3) is 2.51. The van der Waals surface area contributed by atoms with E-state index in [2.05, 4.69) is 25.1 Å². The summed E-state index contributed by atoms with van der Waals surface area (Å²) in [6.45, 7) is 2.12. The van der Waals surface area contributed by atoms with Crippen molar-refractivity contribution in [2.45, 2.75) is 44.9 Å². The quantitative estimate of drug-likeness (QED) is 0.799. The van der Waals surface area contributed by atoms with E-state index in [1.807, 2.05) is 6.07 Å². The molecule has 1 aliphatic rings. The van der Waals surface area contributed by atoms with Crippen LogP contribution in [0.1, 0.15) is 49.7 Å². The van der Waals surface area contributed by atoms with Crippen LogP contribution in [0.2, 0.25) is 0 Å². The number of methoxy groups -OCH3 is 1. The Hall–Kier alpha value is -1.49. The molecule has 2 rings (SSSR count). The molecule has 2 nitrogen and oxygen atoms in total. The maximum Gasteiger partial charge on any atom is 0.122 e. The highest BCUT2D eigenvalue weighted by Crippen LogP contribution is 2.38. The van der Waals surface area contributed by atoms with E-state index in [-0.39, 0.29) is 5.92 Å². The lowest BCUT2D eigenvalue weighted by Crippen LogP contribution is -2.08. The second kappa shape index (κ2) is 5.91. The molecule has 1 aliphatic carbocycles. The fourth-order valence-corrected chi connectivity index (χ4v) is 3.01. The van der Waals surface area contributed by atoms with Gasteiger partial charge in [0.05, 0.1) is 19.1 Å². The first-order valence-electron chi connectivity index (χ1n) is 6.86. The van der Waals surface area contributed by atoms with Gasteiger partial charge >= 0.3 is 0 Å². The van der Waals surface area contributed by atoms with Crippen LogP contribution in [-0.2, 0) is 6.42 Å². The molecule has 1 aromatic carbocycles. The number of benzene rings is 1. The van der Waals surface area contributed by atoms with Gasteiger partial charge in [0.1, 0.15) is 5.75 Å². The predicted molar refractivity (Wildman–Crippen MR) is 72.7 cm³/mol.